The highest BCUT2D eigenvalue weighted by Crippen LogP contribution is 2.21. The topological polar surface area (TPSA) is 51.7 Å². The highest BCUT2D eigenvalue weighted by molar-refractivity contribution is 7.09. The fourth-order valence-corrected chi connectivity index (χ4v) is 3.68. The van der Waals surface area contributed by atoms with E-state index in [1.807, 2.05) is 12.3 Å². The summed E-state index contributed by atoms with van der Waals surface area (Å²) in [7, 11) is 0. The maximum atomic E-state index is 12.9. The van der Waals surface area contributed by atoms with E-state index in [1.54, 1.807) is 23.5 Å². The number of esters is 1. The van der Waals surface area contributed by atoms with E-state index >= 15 is 0 Å². The first-order chi connectivity index (χ1) is 12.6. The normalized spacial score (nSPS) is 15.8. The molecule has 3 rings (SSSR count). The van der Waals surface area contributed by atoms with Gasteiger partial charge in [-0.3, -0.25) is 9.69 Å². The SMILES string of the molecule is CCOC(=O)C1CCN(Cc2csc(COc3ccc(F)cc3)n2)CC1. The first-order valence-electron chi connectivity index (χ1n) is 8.84. The van der Waals surface area contributed by atoms with Gasteiger partial charge in [0.15, 0.2) is 0 Å². The number of piperidine rings is 1. The molecule has 1 aliphatic heterocycles. The van der Waals surface area contributed by atoms with Crippen LogP contribution in [-0.4, -0.2) is 35.5 Å². The van der Waals surface area contributed by atoms with Crippen molar-refractivity contribution in [3.8, 4) is 5.75 Å². The summed E-state index contributed by atoms with van der Waals surface area (Å²) in [5.41, 5.74) is 1.02. The lowest BCUT2D eigenvalue weighted by molar-refractivity contribution is -0.149. The van der Waals surface area contributed by atoms with Crippen LogP contribution in [0, 0.1) is 11.7 Å². The van der Waals surface area contributed by atoms with Gasteiger partial charge in [0.05, 0.1) is 18.2 Å². The number of halogens is 1. The zero-order valence-electron chi connectivity index (χ0n) is 14.8. The third-order valence-corrected chi connectivity index (χ3v) is 5.24. The zero-order valence-corrected chi connectivity index (χ0v) is 15.6. The number of aromatic nitrogens is 1. The Kier molecular flexibility index (Phi) is 6.57. The summed E-state index contributed by atoms with van der Waals surface area (Å²) >= 11 is 1.56. The Morgan fingerprint density at radius 3 is 2.73 bits per heavy atom. The Balaban J connectivity index is 1.44. The summed E-state index contributed by atoms with van der Waals surface area (Å²) in [5, 5.41) is 2.94. The van der Waals surface area contributed by atoms with Gasteiger partial charge < -0.3 is 9.47 Å². The first kappa shape index (κ1) is 18.8. The lowest BCUT2D eigenvalue weighted by atomic mass is 9.97. The summed E-state index contributed by atoms with van der Waals surface area (Å²) in [6.07, 6.45) is 1.67. The van der Waals surface area contributed by atoms with Gasteiger partial charge in [0, 0.05) is 11.9 Å². The van der Waals surface area contributed by atoms with Crippen molar-refractivity contribution >= 4 is 17.3 Å². The maximum Gasteiger partial charge on any atom is 0.309 e. The number of nitrogens with zero attached hydrogens (tertiary/aromatic N) is 2. The molecule has 2 heterocycles. The van der Waals surface area contributed by atoms with E-state index in [1.165, 1.54) is 12.1 Å². The van der Waals surface area contributed by atoms with Crippen molar-refractivity contribution in [2.45, 2.75) is 32.9 Å². The second-order valence-corrected chi connectivity index (χ2v) is 7.22. The van der Waals surface area contributed by atoms with Crippen LogP contribution < -0.4 is 4.74 Å². The fourth-order valence-electron chi connectivity index (χ4n) is 2.98. The van der Waals surface area contributed by atoms with Crippen molar-refractivity contribution in [3.63, 3.8) is 0 Å². The molecule has 0 aliphatic carbocycles. The van der Waals surface area contributed by atoms with Crippen LogP contribution in [0.25, 0.3) is 0 Å². The molecule has 0 atom stereocenters. The Labute approximate surface area is 156 Å². The van der Waals surface area contributed by atoms with Gasteiger partial charge in [-0.25, -0.2) is 9.37 Å². The molecule has 140 valence electrons. The van der Waals surface area contributed by atoms with Crippen molar-refractivity contribution in [2.24, 2.45) is 5.92 Å². The van der Waals surface area contributed by atoms with E-state index in [0.717, 1.165) is 43.2 Å². The number of hydrogen-bond acceptors (Lipinski definition) is 6. The van der Waals surface area contributed by atoms with Gasteiger partial charge in [0.2, 0.25) is 0 Å². The molecule has 0 saturated carbocycles. The smallest absolute Gasteiger partial charge is 0.309 e. The number of benzene rings is 1. The summed E-state index contributed by atoms with van der Waals surface area (Å²) in [5.74, 6) is 0.312. The van der Waals surface area contributed by atoms with Crippen LogP contribution in [0.15, 0.2) is 29.6 Å². The molecule has 1 aliphatic rings. The molecule has 0 N–H and O–H groups in total. The molecule has 7 heteroatoms. The summed E-state index contributed by atoms with van der Waals surface area (Å²) in [4.78, 5) is 18.7. The number of rotatable bonds is 7. The van der Waals surface area contributed by atoms with Crippen LogP contribution in [0.4, 0.5) is 4.39 Å². The average molecular weight is 378 g/mol. The molecular weight excluding hydrogens is 355 g/mol. The molecule has 1 saturated heterocycles. The Hall–Kier alpha value is -1.99. The van der Waals surface area contributed by atoms with E-state index in [-0.39, 0.29) is 17.7 Å². The minimum Gasteiger partial charge on any atom is -0.486 e. The van der Waals surface area contributed by atoms with Gasteiger partial charge >= 0.3 is 5.97 Å². The highest BCUT2D eigenvalue weighted by atomic mass is 32.1. The van der Waals surface area contributed by atoms with Gasteiger partial charge in [-0.2, -0.15) is 0 Å². The van der Waals surface area contributed by atoms with Crippen molar-refractivity contribution in [2.75, 3.05) is 19.7 Å². The predicted molar refractivity (Wildman–Crippen MR) is 97.5 cm³/mol. The highest BCUT2D eigenvalue weighted by Gasteiger charge is 2.26. The fraction of sp³-hybridized carbons (Fsp3) is 0.474. The molecular formula is C19H23FN2O3S. The number of carbonyl (C=O) groups excluding carboxylic acids is 1. The van der Waals surface area contributed by atoms with Crippen LogP contribution in [-0.2, 0) is 22.7 Å². The molecule has 0 radical (unpaired) electrons. The third kappa shape index (κ3) is 5.25. The maximum absolute atomic E-state index is 12.9. The van der Waals surface area contributed by atoms with E-state index in [2.05, 4.69) is 9.88 Å². The summed E-state index contributed by atoms with van der Waals surface area (Å²) < 4.78 is 23.6. The lowest BCUT2D eigenvalue weighted by Crippen LogP contribution is -2.36. The van der Waals surface area contributed by atoms with Gasteiger partial charge in [-0.05, 0) is 57.1 Å². The largest absolute Gasteiger partial charge is 0.486 e. The second kappa shape index (κ2) is 9.09. The molecule has 0 spiro atoms. The monoisotopic (exact) mass is 378 g/mol. The minimum atomic E-state index is -0.277. The number of carbonyl (C=O) groups is 1. The molecule has 1 aromatic carbocycles. The predicted octanol–water partition coefficient (Wildman–Crippen LogP) is 3.64. The lowest BCUT2D eigenvalue weighted by Gasteiger charge is -2.30. The standard InChI is InChI=1S/C19H23FN2O3S/c1-2-24-19(23)14-7-9-22(10-8-14)11-16-13-26-18(21-16)12-25-17-5-3-15(20)4-6-17/h3-6,13-14H,2,7-12H2,1H3. The molecule has 26 heavy (non-hydrogen) atoms. The first-order valence-corrected chi connectivity index (χ1v) is 9.72. The van der Waals surface area contributed by atoms with Crippen LogP contribution in [0.5, 0.6) is 5.75 Å². The van der Waals surface area contributed by atoms with E-state index in [0.29, 0.717) is 19.0 Å². The van der Waals surface area contributed by atoms with E-state index < -0.39 is 0 Å². The molecule has 1 aromatic heterocycles. The van der Waals surface area contributed by atoms with Crippen molar-refractivity contribution < 1.29 is 18.7 Å². The molecule has 5 nitrogen and oxygen atoms in total. The van der Waals surface area contributed by atoms with Gasteiger partial charge in [-0.15, -0.1) is 11.3 Å². The molecule has 1 fully saturated rings. The van der Waals surface area contributed by atoms with Crippen LogP contribution in [0.3, 0.4) is 0 Å². The zero-order chi connectivity index (χ0) is 18.4. The quantitative estimate of drug-likeness (QED) is 0.689. The molecule has 0 unspecified atom stereocenters. The molecule has 0 amide bonds. The Bertz CT molecular complexity index is 712. The number of likely N-dealkylation sites (tertiary alicyclic amines) is 1. The van der Waals surface area contributed by atoms with Crippen LogP contribution in [0.1, 0.15) is 30.5 Å². The number of thiazole rings is 1. The summed E-state index contributed by atoms with van der Waals surface area (Å²) in [6.45, 7) is 5.20. The van der Waals surface area contributed by atoms with Gasteiger partial charge in [0.1, 0.15) is 23.2 Å². The Morgan fingerprint density at radius 1 is 1.31 bits per heavy atom. The second-order valence-electron chi connectivity index (χ2n) is 6.28. The van der Waals surface area contributed by atoms with E-state index in [4.69, 9.17) is 9.47 Å². The van der Waals surface area contributed by atoms with Crippen molar-refractivity contribution in [1.82, 2.24) is 9.88 Å². The number of ether oxygens (including phenoxy) is 2. The third-order valence-electron chi connectivity index (χ3n) is 4.37. The van der Waals surface area contributed by atoms with E-state index in [9.17, 15) is 9.18 Å². The van der Waals surface area contributed by atoms with Crippen molar-refractivity contribution in [1.29, 1.82) is 0 Å². The van der Waals surface area contributed by atoms with Crippen LogP contribution >= 0.6 is 11.3 Å². The summed E-state index contributed by atoms with van der Waals surface area (Å²) in [6, 6.07) is 5.97. The molecule has 2 aromatic rings. The van der Waals surface area contributed by atoms with Crippen molar-refractivity contribution in [3.05, 3.63) is 46.2 Å². The molecule has 0 bridgehead atoms. The Morgan fingerprint density at radius 2 is 2.04 bits per heavy atom. The van der Waals surface area contributed by atoms with Gasteiger partial charge in [0.25, 0.3) is 0 Å². The number of hydrogen-bond donors (Lipinski definition) is 0. The minimum absolute atomic E-state index is 0.0290. The van der Waals surface area contributed by atoms with Gasteiger partial charge in [-0.1, -0.05) is 0 Å². The van der Waals surface area contributed by atoms with Crippen LogP contribution in [0.2, 0.25) is 0 Å². The average Bonchev–Trinajstić information content (AvgIpc) is 3.09.